The first-order valence-electron chi connectivity index (χ1n) is 7.50. The maximum Gasteiger partial charge on any atom is 0.180 e. The van der Waals surface area contributed by atoms with Gasteiger partial charge < -0.3 is 14.8 Å². The van der Waals surface area contributed by atoms with Crippen LogP contribution in [0, 0.1) is 0 Å². The van der Waals surface area contributed by atoms with Crippen LogP contribution < -0.4 is 14.8 Å². The third-order valence-corrected chi connectivity index (χ3v) is 3.59. The van der Waals surface area contributed by atoms with E-state index in [0.717, 1.165) is 42.4 Å². The molecule has 0 fully saturated rings. The van der Waals surface area contributed by atoms with Gasteiger partial charge in [-0.25, -0.2) is 0 Å². The molecule has 1 aliphatic rings. The van der Waals surface area contributed by atoms with Gasteiger partial charge in [0.25, 0.3) is 0 Å². The molecule has 2 aromatic carbocycles. The molecule has 1 heterocycles. The number of hydrogen-bond donors (Lipinski definition) is 1. The molecule has 0 saturated carbocycles. The maximum absolute atomic E-state index is 6.18. The minimum atomic E-state index is -0.228. The summed E-state index contributed by atoms with van der Waals surface area (Å²) in [5, 5.41) is 3.36. The number of amidine groups is 1. The first-order valence-corrected chi connectivity index (χ1v) is 7.50. The van der Waals surface area contributed by atoms with Gasteiger partial charge in [-0.1, -0.05) is 30.3 Å². The van der Waals surface area contributed by atoms with E-state index in [9.17, 15) is 0 Å². The van der Waals surface area contributed by atoms with Crippen LogP contribution in [0.3, 0.4) is 0 Å². The van der Waals surface area contributed by atoms with Gasteiger partial charge >= 0.3 is 0 Å². The zero-order valence-electron chi connectivity index (χ0n) is 12.7. The zero-order chi connectivity index (χ0) is 15.2. The standard InChI is InChI=1S/C18H20N2O2/c1-21-15-10-8-14(9-11-15)17(18-19-12-5-13-20-18)22-16-6-3-2-4-7-16/h2-4,6-11,17H,5,12-13H2,1H3,(H,19,20)/t17-/m0/s1. The molecule has 114 valence electrons. The highest BCUT2D eigenvalue weighted by Gasteiger charge is 2.22. The second-order valence-electron chi connectivity index (χ2n) is 5.13. The maximum atomic E-state index is 6.18. The Morgan fingerprint density at radius 2 is 1.77 bits per heavy atom. The quantitative estimate of drug-likeness (QED) is 0.921. The van der Waals surface area contributed by atoms with Crippen molar-refractivity contribution in [3.05, 3.63) is 60.2 Å². The number of para-hydroxylation sites is 1. The minimum Gasteiger partial charge on any atom is -0.497 e. The topological polar surface area (TPSA) is 42.9 Å². The first kappa shape index (κ1) is 14.4. The number of ether oxygens (including phenoxy) is 2. The summed E-state index contributed by atoms with van der Waals surface area (Å²) >= 11 is 0. The van der Waals surface area contributed by atoms with Crippen molar-refractivity contribution >= 4 is 5.84 Å². The fourth-order valence-electron chi connectivity index (χ4n) is 2.42. The minimum absolute atomic E-state index is 0.228. The summed E-state index contributed by atoms with van der Waals surface area (Å²) in [4.78, 5) is 4.59. The molecule has 1 aliphatic heterocycles. The highest BCUT2D eigenvalue weighted by atomic mass is 16.5. The average molecular weight is 296 g/mol. The van der Waals surface area contributed by atoms with Gasteiger partial charge in [0.05, 0.1) is 7.11 Å². The Kier molecular flexibility index (Phi) is 4.59. The van der Waals surface area contributed by atoms with Crippen molar-refractivity contribution in [2.24, 2.45) is 4.99 Å². The highest BCUT2D eigenvalue weighted by Crippen LogP contribution is 2.25. The Bertz CT molecular complexity index is 623. The molecular formula is C18H20N2O2. The zero-order valence-corrected chi connectivity index (χ0v) is 12.7. The summed E-state index contributed by atoms with van der Waals surface area (Å²) in [6.45, 7) is 1.77. The van der Waals surface area contributed by atoms with E-state index in [1.54, 1.807) is 7.11 Å². The van der Waals surface area contributed by atoms with Crippen LogP contribution in [0.25, 0.3) is 0 Å². The second-order valence-corrected chi connectivity index (χ2v) is 5.13. The lowest BCUT2D eigenvalue weighted by molar-refractivity contribution is 0.267. The molecule has 0 unspecified atom stereocenters. The lowest BCUT2D eigenvalue weighted by Crippen LogP contribution is -2.36. The van der Waals surface area contributed by atoms with Crippen molar-refractivity contribution in [2.45, 2.75) is 12.5 Å². The molecule has 0 amide bonds. The van der Waals surface area contributed by atoms with Crippen molar-refractivity contribution in [1.82, 2.24) is 5.32 Å². The van der Waals surface area contributed by atoms with E-state index in [1.165, 1.54) is 0 Å². The first-order chi connectivity index (χ1) is 10.9. The molecule has 1 N–H and O–H groups in total. The number of methoxy groups -OCH3 is 1. The lowest BCUT2D eigenvalue weighted by Gasteiger charge is -2.25. The monoisotopic (exact) mass is 296 g/mol. The molecule has 4 nitrogen and oxygen atoms in total. The van der Waals surface area contributed by atoms with Crippen molar-refractivity contribution < 1.29 is 9.47 Å². The van der Waals surface area contributed by atoms with Crippen molar-refractivity contribution in [1.29, 1.82) is 0 Å². The van der Waals surface area contributed by atoms with Gasteiger partial charge in [0.2, 0.25) is 0 Å². The number of hydrogen-bond acceptors (Lipinski definition) is 4. The van der Waals surface area contributed by atoms with Gasteiger partial charge in [0.15, 0.2) is 6.10 Å². The summed E-state index contributed by atoms with van der Waals surface area (Å²) in [5.41, 5.74) is 1.05. The summed E-state index contributed by atoms with van der Waals surface area (Å²) in [5.74, 6) is 2.56. The predicted molar refractivity (Wildman–Crippen MR) is 87.7 cm³/mol. The Balaban J connectivity index is 1.89. The Morgan fingerprint density at radius 1 is 1.00 bits per heavy atom. The number of benzene rings is 2. The van der Waals surface area contributed by atoms with E-state index < -0.39 is 0 Å². The molecule has 0 aromatic heterocycles. The third-order valence-electron chi connectivity index (χ3n) is 3.59. The van der Waals surface area contributed by atoms with Crippen molar-refractivity contribution in [3.63, 3.8) is 0 Å². The Morgan fingerprint density at radius 3 is 2.41 bits per heavy atom. The normalized spacial score (nSPS) is 15.4. The van der Waals surface area contributed by atoms with Gasteiger partial charge in [-0.05, 0) is 30.7 Å². The summed E-state index contributed by atoms with van der Waals surface area (Å²) in [6, 6.07) is 17.8. The predicted octanol–water partition coefficient (Wildman–Crippen LogP) is 3.21. The summed E-state index contributed by atoms with van der Waals surface area (Å²) in [7, 11) is 1.67. The lowest BCUT2D eigenvalue weighted by atomic mass is 10.1. The average Bonchev–Trinajstić information content (AvgIpc) is 2.61. The van der Waals surface area contributed by atoms with Crippen LogP contribution >= 0.6 is 0 Å². The van der Waals surface area contributed by atoms with Gasteiger partial charge in [0, 0.05) is 18.7 Å². The number of nitrogens with one attached hydrogen (secondary N) is 1. The van der Waals surface area contributed by atoms with Gasteiger partial charge in [-0.15, -0.1) is 0 Å². The van der Waals surface area contributed by atoms with Crippen LogP contribution in [-0.4, -0.2) is 26.0 Å². The number of aliphatic imine (C=N–C) groups is 1. The molecule has 3 rings (SSSR count). The number of rotatable bonds is 5. The largest absolute Gasteiger partial charge is 0.497 e. The highest BCUT2D eigenvalue weighted by molar-refractivity contribution is 5.88. The van der Waals surface area contributed by atoms with Crippen molar-refractivity contribution in [2.75, 3.05) is 20.2 Å². The summed E-state index contributed by atoms with van der Waals surface area (Å²) in [6.07, 6.45) is 0.832. The van der Waals surface area contributed by atoms with E-state index >= 15 is 0 Å². The smallest absolute Gasteiger partial charge is 0.180 e. The summed E-state index contributed by atoms with van der Waals surface area (Å²) < 4.78 is 11.4. The molecule has 1 atom stereocenters. The SMILES string of the molecule is COc1ccc([C@H](Oc2ccccc2)C2=NCCCN2)cc1. The van der Waals surface area contributed by atoms with Gasteiger partial charge in [-0.2, -0.15) is 0 Å². The number of nitrogens with zero attached hydrogens (tertiary/aromatic N) is 1. The Labute approximate surface area is 130 Å². The molecule has 0 radical (unpaired) electrons. The van der Waals surface area contributed by atoms with Gasteiger partial charge in [0.1, 0.15) is 17.3 Å². The fourth-order valence-corrected chi connectivity index (χ4v) is 2.42. The van der Waals surface area contributed by atoms with E-state index in [0.29, 0.717) is 0 Å². The van der Waals surface area contributed by atoms with Crippen LogP contribution in [-0.2, 0) is 0 Å². The van der Waals surface area contributed by atoms with Gasteiger partial charge in [-0.3, -0.25) is 4.99 Å². The van der Waals surface area contributed by atoms with Crippen LogP contribution in [0.5, 0.6) is 11.5 Å². The second kappa shape index (κ2) is 6.98. The van der Waals surface area contributed by atoms with E-state index in [-0.39, 0.29) is 6.10 Å². The Hall–Kier alpha value is -2.49. The molecule has 2 aromatic rings. The van der Waals surface area contributed by atoms with E-state index in [1.807, 2.05) is 54.6 Å². The molecule has 0 aliphatic carbocycles. The third kappa shape index (κ3) is 3.39. The van der Waals surface area contributed by atoms with Crippen molar-refractivity contribution in [3.8, 4) is 11.5 Å². The molecule has 0 spiro atoms. The van der Waals surface area contributed by atoms with Crippen LogP contribution in [0.1, 0.15) is 18.1 Å². The fraction of sp³-hybridized carbons (Fsp3) is 0.278. The van der Waals surface area contributed by atoms with Crippen LogP contribution in [0.2, 0.25) is 0 Å². The van der Waals surface area contributed by atoms with Crippen LogP contribution in [0.15, 0.2) is 59.6 Å². The molecule has 4 heteroatoms. The molecule has 0 saturated heterocycles. The molecule has 22 heavy (non-hydrogen) atoms. The van der Waals surface area contributed by atoms with Crippen LogP contribution in [0.4, 0.5) is 0 Å². The molecular weight excluding hydrogens is 276 g/mol. The molecule has 0 bridgehead atoms. The van der Waals surface area contributed by atoms with E-state index in [4.69, 9.17) is 9.47 Å². The van der Waals surface area contributed by atoms with E-state index in [2.05, 4.69) is 10.3 Å².